The van der Waals surface area contributed by atoms with Gasteiger partial charge in [0.2, 0.25) is 0 Å². The summed E-state index contributed by atoms with van der Waals surface area (Å²) in [7, 11) is 1.36. The molecule has 1 heterocycles. The zero-order valence-electron chi connectivity index (χ0n) is 19.1. The van der Waals surface area contributed by atoms with Crippen LogP contribution in [-0.4, -0.2) is 19.0 Å². The van der Waals surface area contributed by atoms with E-state index in [9.17, 15) is 9.59 Å². The fourth-order valence-corrected chi connectivity index (χ4v) is 4.53. The van der Waals surface area contributed by atoms with Gasteiger partial charge in [-0.05, 0) is 47.0 Å². The topological polar surface area (TPSA) is 46.6 Å². The van der Waals surface area contributed by atoms with Crippen molar-refractivity contribution in [2.24, 2.45) is 0 Å². The largest absolute Gasteiger partial charge is 0.465 e. The smallest absolute Gasteiger partial charge is 0.337 e. The number of methoxy groups -OCH3 is 1. The van der Waals surface area contributed by atoms with Crippen LogP contribution in [0.4, 0.5) is 5.69 Å². The summed E-state index contributed by atoms with van der Waals surface area (Å²) >= 11 is 6.16. The summed E-state index contributed by atoms with van der Waals surface area (Å²) in [4.78, 5) is 27.6. The van der Waals surface area contributed by atoms with Crippen LogP contribution in [0.2, 0.25) is 5.02 Å². The van der Waals surface area contributed by atoms with E-state index in [0.717, 1.165) is 33.5 Å². The number of halogens is 1. The zero-order valence-corrected chi connectivity index (χ0v) is 19.8. The molecule has 1 amide bonds. The SMILES string of the molecule is COC(=O)c1ccc(CN2C(=O)/C(=C(\c3ccccc3)c3ccc(Cl)cc3)c3ccccc32)cc1. The second-order valence-corrected chi connectivity index (χ2v) is 8.66. The lowest BCUT2D eigenvalue weighted by molar-refractivity contribution is -0.113. The summed E-state index contributed by atoms with van der Waals surface area (Å²) in [5.74, 6) is -0.461. The Labute approximate surface area is 209 Å². The normalized spacial score (nSPS) is 14.0. The van der Waals surface area contributed by atoms with Crippen LogP contribution in [0.15, 0.2) is 103 Å². The van der Waals surface area contributed by atoms with E-state index in [1.54, 1.807) is 17.0 Å². The summed E-state index contributed by atoms with van der Waals surface area (Å²) < 4.78 is 4.79. The van der Waals surface area contributed by atoms with Gasteiger partial charge in [-0.2, -0.15) is 0 Å². The molecule has 0 aromatic heterocycles. The summed E-state index contributed by atoms with van der Waals surface area (Å²) in [6.45, 7) is 0.378. The number of carbonyl (C=O) groups is 2. The lowest BCUT2D eigenvalue weighted by Gasteiger charge is -2.18. The quantitative estimate of drug-likeness (QED) is 0.238. The number of para-hydroxylation sites is 1. The van der Waals surface area contributed by atoms with Gasteiger partial charge in [-0.1, -0.05) is 84.4 Å². The average Bonchev–Trinajstić information content (AvgIpc) is 3.17. The molecule has 0 saturated carbocycles. The molecule has 0 aliphatic carbocycles. The number of nitrogens with zero attached hydrogens (tertiary/aromatic N) is 1. The Bertz CT molecular complexity index is 1420. The molecule has 4 nitrogen and oxygen atoms in total. The third kappa shape index (κ3) is 4.36. The average molecular weight is 480 g/mol. The van der Waals surface area contributed by atoms with Crippen LogP contribution in [0.3, 0.4) is 0 Å². The van der Waals surface area contributed by atoms with Crippen molar-refractivity contribution in [3.8, 4) is 0 Å². The Kier molecular flexibility index (Phi) is 6.21. The molecule has 0 fully saturated rings. The van der Waals surface area contributed by atoms with Crippen molar-refractivity contribution in [3.05, 3.63) is 136 Å². The van der Waals surface area contributed by atoms with E-state index in [-0.39, 0.29) is 11.9 Å². The van der Waals surface area contributed by atoms with Crippen LogP contribution in [-0.2, 0) is 16.1 Å². The van der Waals surface area contributed by atoms with Crippen LogP contribution in [0, 0.1) is 0 Å². The van der Waals surface area contributed by atoms with Gasteiger partial charge in [0.1, 0.15) is 0 Å². The van der Waals surface area contributed by atoms with Gasteiger partial charge in [0.15, 0.2) is 0 Å². The number of esters is 1. The van der Waals surface area contributed by atoms with Crippen LogP contribution in [0.1, 0.15) is 32.6 Å². The van der Waals surface area contributed by atoms with Crippen LogP contribution >= 0.6 is 11.6 Å². The highest BCUT2D eigenvalue weighted by Gasteiger charge is 2.35. The van der Waals surface area contributed by atoms with Gasteiger partial charge in [-0.3, -0.25) is 4.79 Å². The van der Waals surface area contributed by atoms with Gasteiger partial charge in [-0.25, -0.2) is 4.79 Å². The summed E-state index contributed by atoms with van der Waals surface area (Å²) in [5, 5.41) is 0.640. The van der Waals surface area contributed by atoms with E-state index in [1.807, 2.05) is 91.0 Å². The molecule has 5 rings (SSSR count). The molecule has 172 valence electrons. The Balaban J connectivity index is 1.63. The minimum atomic E-state index is -0.389. The first-order chi connectivity index (χ1) is 17.1. The number of anilines is 1. The second kappa shape index (κ2) is 9.61. The molecule has 1 aliphatic rings. The van der Waals surface area contributed by atoms with Gasteiger partial charge in [0.25, 0.3) is 5.91 Å². The molecule has 0 saturated heterocycles. The van der Waals surface area contributed by atoms with Crippen LogP contribution in [0.5, 0.6) is 0 Å². The molecular formula is C30H22ClNO3. The molecule has 5 heteroatoms. The fourth-order valence-electron chi connectivity index (χ4n) is 4.40. The molecule has 0 atom stereocenters. The number of hydrogen-bond donors (Lipinski definition) is 0. The third-order valence-electron chi connectivity index (χ3n) is 6.08. The van der Waals surface area contributed by atoms with Gasteiger partial charge in [0, 0.05) is 16.2 Å². The van der Waals surface area contributed by atoms with Gasteiger partial charge >= 0.3 is 5.97 Å². The fraction of sp³-hybridized carbons (Fsp3) is 0.0667. The maximum absolute atomic E-state index is 14.0. The molecule has 0 bridgehead atoms. The first kappa shape index (κ1) is 22.6. The van der Waals surface area contributed by atoms with Gasteiger partial charge in [0.05, 0.1) is 30.5 Å². The predicted molar refractivity (Wildman–Crippen MR) is 139 cm³/mol. The Morgan fingerprint density at radius 3 is 2.06 bits per heavy atom. The maximum Gasteiger partial charge on any atom is 0.337 e. The molecule has 0 radical (unpaired) electrons. The van der Waals surface area contributed by atoms with Gasteiger partial charge in [-0.15, -0.1) is 0 Å². The lowest BCUT2D eigenvalue weighted by atomic mass is 9.90. The molecule has 0 N–H and O–H groups in total. The lowest BCUT2D eigenvalue weighted by Crippen LogP contribution is -2.26. The molecule has 35 heavy (non-hydrogen) atoms. The molecule has 1 aliphatic heterocycles. The Morgan fingerprint density at radius 1 is 0.771 bits per heavy atom. The number of ether oxygens (including phenoxy) is 1. The van der Waals surface area contributed by atoms with Gasteiger partial charge < -0.3 is 9.64 Å². The van der Waals surface area contributed by atoms with E-state index >= 15 is 0 Å². The Morgan fingerprint density at radius 2 is 1.37 bits per heavy atom. The predicted octanol–water partition coefficient (Wildman–Crippen LogP) is 6.63. The highest BCUT2D eigenvalue weighted by Crippen LogP contribution is 2.43. The third-order valence-corrected chi connectivity index (χ3v) is 6.34. The molecular weight excluding hydrogens is 458 g/mol. The molecule has 0 unspecified atom stereocenters. The van der Waals surface area contributed by atoms with E-state index in [0.29, 0.717) is 22.7 Å². The number of carbonyl (C=O) groups excluding carboxylic acids is 2. The van der Waals surface area contributed by atoms with E-state index in [4.69, 9.17) is 16.3 Å². The first-order valence-electron chi connectivity index (χ1n) is 11.2. The highest BCUT2D eigenvalue weighted by atomic mass is 35.5. The summed E-state index contributed by atoms with van der Waals surface area (Å²) in [6, 6.07) is 32.5. The van der Waals surface area contributed by atoms with Crippen LogP contribution < -0.4 is 4.90 Å². The number of hydrogen-bond acceptors (Lipinski definition) is 3. The number of benzene rings is 4. The van der Waals surface area contributed by atoms with Crippen LogP contribution in [0.25, 0.3) is 11.1 Å². The minimum Gasteiger partial charge on any atom is -0.465 e. The van der Waals surface area contributed by atoms with E-state index < -0.39 is 0 Å². The van der Waals surface area contributed by atoms with Crippen molar-refractivity contribution in [2.45, 2.75) is 6.54 Å². The molecule has 4 aromatic rings. The maximum atomic E-state index is 14.0. The minimum absolute atomic E-state index is 0.0722. The standard InChI is InChI=1S/C30H22ClNO3/c1-35-30(34)23-13-11-20(12-14-23)19-32-26-10-6-5-9-25(26)28(29(32)33)27(21-7-3-2-4-8-21)22-15-17-24(31)18-16-22/h2-18H,19H2,1H3/b28-27+. The summed E-state index contributed by atoms with van der Waals surface area (Å²) in [6.07, 6.45) is 0. The van der Waals surface area contributed by atoms with E-state index in [2.05, 4.69) is 0 Å². The van der Waals surface area contributed by atoms with Crippen molar-refractivity contribution < 1.29 is 14.3 Å². The van der Waals surface area contributed by atoms with E-state index in [1.165, 1.54) is 7.11 Å². The Hall–Kier alpha value is -4.15. The van der Waals surface area contributed by atoms with Crippen molar-refractivity contribution in [1.82, 2.24) is 0 Å². The van der Waals surface area contributed by atoms with Crippen molar-refractivity contribution in [1.29, 1.82) is 0 Å². The molecule has 0 spiro atoms. The summed E-state index contributed by atoms with van der Waals surface area (Å²) in [5.41, 5.74) is 6.52. The highest BCUT2D eigenvalue weighted by molar-refractivity contribution is 6.39. The number of amides is 1. The number of rotatable bonds is 5. The zero-order chi connectivity index (χ0) is 24.4. The second-order valence-electron chi connectivity index (χ2n) is 8.22. The van der Waals surface area contributed by atoms with Crippen molar-refractivity contribution in [2.75, 3.05) is 12.0 Å². The first-order valence-corrected chi connectivity index (χ1v) is 11.6. The van der Waals surface area contributed by atoms with Crippen molar-refractivity contribution >= 4 is 40.3 Å². The monoisotopic (exact) mass is 479 g/mol. The van der Waals surface area contributed by atoms with Crippen molar-refractivity contribution in [3.63, 3.8) is 0 Å². The number of fused-ring (bicyclic) bond motifs is 1. The molecule has 4 aromatic carbocycles.